The van der Waals surface area contributed by atoms with Crippen LogP contribution in [-0.4, -0.2) is 49.9 Å². The molecule has 0 spiro atoms. The molecular formula is C11H14F3NO4. The highest BCUT2D eigenvalue weighted by molar-refractivity contribution is 5.82. The summed E-state index contributed by atoms with van der Waals surface area (Å²) in [7, 11) is 1.12. The van der Waals surface area contributed by atoms with Crippen molar-refractivity contribution in [1.29, 1.82) is 0 Å². The van der Waals surface area contributed by atoms with E-state index in [-0.39, 0.29) is 19.7 Å². The second kappa shape index (κ2) is 8.17. The molecule has 8 heteroatoms. The highest BCUT2D eigenvalue weighted by atomic mass is 19.4. The Morgan fingerprint density at radius 3 is 2.37 bits per heavy atom. The van der Waals surface area contributed by atoms with E-state index in [4.69, 9.17) is 0 Å². The fourth-order valence-corrected chi connectivity index (χ4v) is 1.02. The molecule has 0 N–H and O–H groups in total. The molecule has 0 saturated heterocycles. The largest absolute Gasteiger partial charge is 0.508 e. The van der Waals surface area contributed by atoms with Gasteiger partial charge in [0.1, 0.15) is 6.61 Å². The van der Waals surface area contributed by atoms with Crippen molar-refractivity contribution in [2.75, 3.05) is 26.8 Å². The molecule has 0 unspecified atom stereocenters. The molecule has 0 saturated carbocycles. The summed E-state index contributed by atoms with van der Waals surface area (Å²) in [5.41, 5.74) is 0. The Balaban J connectivity index is 4.29. The maximum Gasteiger partial charge on any atom is 0.508 e. The van der Waals surface area contributed by atoms with Crippen molar-refractivity contribution >= 4 is 12.1 Å². The second-order valence-corrected chi connectivity index (χ2v) is 3.23. The number of hydrogen-bond acceptors (Lipinski definition) is 4. The van der Waals surface area contributed by atoms with Crippen LogP contribution in [0.4, 0.5) is 18.0 Å². The van der Waals surface area contributed by atoms with Crippen LogP contribution in [0.2, 0.25) is 0 Å². The highest BCUT2D eigenvalue weighted by Crippen LogP contribution is 2.18. The normalized spacial score (nSPS) is 11.2. The number of hydrogen-bond donors (Lipinski definition) is 0. The van der Waals surface area contributed by atoms with Crippen LogP contribution in [0.1, 0.15) is 0 Å². The minimum atomic E-state index is -4.93. The van der Waals surface area contributed by atoms with Crippen molar-refractivity contribution in [3.8, 4) is 0 Å². The third-order valence-electron chi connectivity index (χ3n) is 1.84. The third kappa shape index (κ3) is 7.12. The van der Waals surface area contributed by atoms with Gasteiger partial charge in [-0.05, 0) is 6.08 Å². The Morgan fingerprint density at radius 2 is 1.89 bits per heavy atom. The first-order valence-corrected chi connectivity index (χ1v) is 5.15. The molecule has 19 heavy (non-hydrogen) atoms. The molecule has 5 nitrogen and oxygen atoms in total. The molecule has 0 heterocycles. The first kappa shape index (κ1) is 17.0. The van der Waals surface area contributed by atoms with E-state index in [1.807, 2.05) is 0 Å². The molecule has 108 valence electrons. The summed E-state index contributed by atoms with van der Waals surface area (Å²) in [6.45, 7) is 2.61. The highest BCUT2D eigenvalue weighted by Gasteiger charge is 2.41. The zero-order valence-corrected chi connectivity index (χ0v) is 10.3. The van der Waals surface area contributed by atoms with Crippen LogP contribution in [0.25, 0.3) is 0 Å². The fraction of sp³-hybridized carbons (Fsp3) is 0.455. The Labute approximate surface area is 108 Å². The maximum absolute atomic E-state index is 12.2. The molecule has 0 aromatic rings. The lowest BCUT2D eigenvalue weighted by atomic mass is 10.4. The maximum atomic E-state index is 12.2. The van der Waals surface area contributed by atoms with E-state index >= 15 is 0 Å². The number of halogens is 3. The second-order valence-electron chi connectivity index (χ2n) is 3.23. The fourth-order valence-electron chi connectivity index (χ4n) is 1.02. The van der Waals surface area contributed by atoms with Gasteiger partial charge in [-0.3, -0.25) is 4.79 Å². The van der Waals surface area contributed by atoms with Crippen LogP contribution in [0, 0.1) is 0 Å². The molecular weight excluding hydrogens is 267 g/mol. The van der Waals surface area contributed by atoms with Crippen LogP contribution in [0.3, 0.4) is 0 Å². The number of amides is 1. The summed E-state index contributed by atoms with van der Waals surface area (Å²) in [5.74, 6) is -1.95. The number of carbonyl (C=O) groups excluding carboxylic acids is 2. The molecule has 0 radical (unpaired) electrons. The standard InChI is InChI=1S/C11H14F3NO4/c1-3-6-15(9(16)11(12,13)14)7-4-5-8-19-10(17)18-2/h3-5H,1,6-8H2,2H3/b5-4-. The Morgan fingerprint density at radius 1 is 1.26 bits per heavy atom. The summed E-state index contributed by atoms with van der Waals surface area (Å²) in [6.07, 6.45) is -2.08. The van der Waals surface area contributed by atoms with Crippen LogP contribution >= 0.6 is 0 Å². The molecule has 0 aliphatic carbocycles. The van der Waals surface area contributed by atoms with Gasteiger partial charge in [0.2, 0.25) is 0 Å². The Bertz CT molecular complexity index is 352. The first-order valence-electron chi connectivity index (χ1n) is 5.15. The SMILES string of the molecule is C=CCN(C/C=C\COC(=O)OC)C(=O)C(F)(F)F. The van der Waals surface area contributed by atoms with E-state index in [1.165, 1.54) is 18.2 Å². The number of nitrogens with zero attached hydrogens (tertiary/aromatic N) is 1. The van der Waals surface area contributed by atoms with E-state index in [2.05, 4.69) is 16.1 Å². The topological polar surface area (TPSA) is 55.8 Å². The summed E-state index contributed by atoms with van der Waals surface area (Å²) >= 11 is 0. The quantitative estimate of drug-likeness (QED) is 0.551. The lowest BCUT2D eigenvalue weighted by Crippen LogP contribution is -2.41. The number of alkyl halides is 3. The van der Waals surface area contributed by atoms with Gasteiger partial charge in [-0.15, -0.1) is 6.58 Å². The van der Waals surface area contributed by atoms with E-state index in [0.717, 1.165) is 7.11 Å². The number of carbonyl (C=O) groups is 2. The van der Waals surface area contributed by atoms with Crippen LogP contribution in [0.15, 0.2) is 24.8 Å². The van der Waals surface area contributed by atoms with E-state index in [9.17, 15) is 22.8 Å². The molecule has 0 fully saturated rings. The van der Waals surface area contributed by atoms with Crippen molar-refractivity contribution in [2.24, 2.45) is 0 Å². The van der Waals surface area contributed by atoms with E-state index < -0.39 is 18.2 Å². The van der Waals surface area contributed by atoms with E-state index in [1.54, 1.807) is 0 Å². The minimum absolute atomic E-state index is 0.158. The van der Waals surface area contributed by atoms with E-state index in [0.29, 0.717) is 4.90 Å². The van der Waals surface area contributed by atoms with Gasteiger partial charge >= 0.3 is 18.2 Å². The molecule has 1 amide bonds. The monoisotopic (exact) mass is 281 g/mol. The van der Waals surface area contributed by atoms with Crippen molar-refractivity contribution in [3.05, 3.63) is 24.8 Å². The number of rotatable bonds is 6. The van der Waals surface area contributed by atoms with Gasteiger partial charge in [0.05, 0.1) is 7.11 Å². The minimum Gasteiger partial charge on any atom is -0.438 e. The predicted molar refractivity (Wildman–Crippen MR) is 60.3 cm³/mol. The molecule has 0 aromatic heterocycles. The van der Waals surface area contributed by atoms with Gasteiger partial charge in [0, 0.05) is 13.1 Å². The molecule has 0 aliphatic heterocycles. The average Bonchev–Trinajstić information content (AvgIpc) is 2.34. The zero-order valence-electron chi connectivity index (χ0n) is 10.3. The van der Waals surface area contributed by atoms with Gasteiger partial charge in [0.25, 0.3) is 0 Å². The van der Waals surface area contributed by atoms with Crippen molar-refractivity contribution in [1.82, 2.24) is 4.90 Å². The lowest BCUT2D eigenvalue weighted by Gasteiger charge is -2.20. The summed E-state index contributed by atoms with van der Waals surface area (Å²) in [5, 5.41) is 0. The van der Waals surface area contributed by atoms with Gasteiger partial charge < -0.3 is 14.4 Å². The van der Waals surface area contributed by atoms with Crippen LogP contribution in [-0.2, 0) is 14.3 Å². The molecule has 0 atom stereocenters. The predicted octanol–water partition coefficient (Wildman–Crippen LogP) is 1.90. The lowest BCUT2D eigenvalue weighted by molar-refractivity contribution is -0.184. The Kier molecular flexibility index (Phi) is 7.32. The summed E-state index contributed by atoms with van der Waals surface area (Å²) < 4.78 is 45.3. The molecule has 0 aliphatic rings. The number of methoxy groups -OCH3 is 1. The first-order chi connectivity index (χ1) is 8.82. The van der Waals surface area contributed by atoms with Gasteiger partial charge in [-0.25, -0.2) is 4.79 Å². The average molecular weight is 281 g/mol. The van der Waals surface area contributed by atoms with Crippen LogP contribution < -0.4 is 0 Å². The van der Waals surface area contributed by atoms with Crippen LogP contribution in [0.5, 0.6) is 0 Å². The summed E-state index contributed by atoms with van der Waals surface area (Å²) in [6, 6.07) is 0. The van der Waals surface area contributed by atoms with Gasteiger partial charge in [-0.2, -0.15) is 13.2 Å². The van der Waals surface area contributed by atoms with Gasteiger partial charge in [-0.1, -0.05) is 12.2 Å². The van der Waals surface area contributed by atoms with Crippen molar-refractivity contribution in [2.45, 2.75) is 6.18 Å². The van der Waals surface area contributed by atoms with Gasteiger partial charge in [0.15, 0.2) is 0 Å². The smallest absolute Gasteiger partial charge is 0.438 e. The van der Waals surface area contributed by atoms with Crippen molar-refractivity contribution < 1.29 is 32.2 Å². The molecule has 0 bridgehead atoms. The Hall–Kier alpha value is -1.99. The third-order valence-corrected chi connectivity index (χ3v) is 1.84. The number of ether oxygens (including phenoxy) is 2. The summed E-state index contributed by atoms with van der Waals surface area (Å²) in [4.78, 5) is 22.1. The zero-order chi connectivity index (χ0) is 14.9. The molecule has 0 rings (SSSR count). The van der Waals surface area contributed by atoms with Crippen molar-refractivity contribution in [3.63, 3.8) is 0 Å². The molecule has 0 aromatic carbocycles.